The van der Waals surface area contributed by atoms with Gasteiger partial charge in [0.15, 0.2) is 0 Å². The van der Waals surface area contributed by atoms with Crippen LogP contribution >= 0.6 is 47.8 Å². The highest BCUT2D eigenvalue weighted by atomic mass is 79.9. The maximum Gasteiger partial charge on any atom is 0.266 e. The number of amides is 1. The lowest BCUT2D eigenvalue weighted by Crippen LogP contribution is -2.13. The Labute approximate surface area is 171 Å². The second-order valence-corrected chi connectivity index (χ2v) is 7.41. The average Bonchev–Trinajstić information content (AvgIpc) is 2.58. The summed E-state index contributed by atoms with van der Waals surface area (Å²) < 4.78 is 7.74. The van der Waals surface area contributed by atoms with Crippen LogP contribution in [0.5, 0.6) is 5.75 Å². The summed E-state index contributed by atoms with van der Waals surface area (Å²) in [4.78, 5) is 12.4. The van der Waals surface area contributed by atoms with Crippen molar-refractivity contribution in [2.75, 3.05) is 11.9 Å². The molecular formula is C18H13Br3N2O2. The second-order valence-electron chi connectivity index (χ2n) is 4.85. The third-order valence-electron chi connectivity index (χ3n) is 3.11. The van der Waals surface area contributed by atoms with Gasteiger partial charge in [-0.05, 0) is 90.6 Å². The van der Waals surface area contributed by atoms with Crippen molar-refractivity contribution < 1.29 is 9.53 Å². The molecule has 0 bridgehead atoms. The fourth-order valence-electron chi connectivity index (χ4n) is 2.01. The van der Waals surface area contributed by atoms with Gasteiger partial charge in [-0.25, -0.2) is 0 Å². The lowest BCUT2D eigenvalue weighted by Gasteiger charge is -2.10. The van der Waals surface area contributed by atoms with Gasteiger partial charge in [-0.15, -0.1) is 0 Å². The number of benzene rings is 2. The molecule has 25 heavy (non-hydrogen) atoms. The number of hydrogen-bond donors (Lipinski definition) is 1. The number of ether oxygens (including phenoxy) is 1. The van der Waals surface area contributed by atoms with Crippen molar-refractivity contribution in [3.05, 3.63) is 61.0 Å². The van der Waals surface area contributed by atoms with E-state index in [2.05, 4.69) is 53.1 Å². The van der Waals surface area contributed by atoms with E-state index in [1.54, 1.807) is 24.3 Å². The molecule has 0 saturated heterocycles. The molecule has 128 valence electrons. The number of para-hydroxylation sites is 1. The molecule has 2 aromatic carbocycles. The molecule has 2 aromatic rings. The molecule has 0 aromatic heterocycles. The molecule has 0 radical (unpaired) electrons. The molecule has 0 atom stereocenters. The summed E-state index contributed by atoms with van der Waals surface area (Å²) in [5, 5.41) is 12.1. The van der Waals surface area contributed by atoms with Crippen LogP contribution in [0.25, 0.3) is 6.08 Å². The van der Waals surface area contributed by atoms with Crippen molar-refractivity contribution in [1.82, 2.24) is 0 Å². The minimum Gasteiger partial charge on any atom is -0.492 e. The summed E-state index contributed by atoms with van der Waals surface area (Å²) in [7, 11) is 0. The maximum absolute atomic E-state index is 12.4. The van der Waals surface area contributed by atoms with Gasteiger partial charge in [0.2, 0.25) is 0 Å². The first-order chi connectivity index (χ1) is 12.0. The van der Waals surface area contributed by atoms with Gasteiger partial charge in [-0.1, -0.05) is 12.1 Å². The standard InChI is InChI=1S/C18H13Br3N2O2/c1-2-25-17-14(20)8-11(9-15(17)21)7-12(10-22)18(24)23-16-6-4-3-5-13(16)19/h3-9H,2H2,1H3,(H,23,24)/b12-7+. The molecule has 1 N–H and O–H groups in total. The maximum atomic E-state index is 12.4. The predicted molar refractivity (Wildman–Crippen MR) is 109 cm³/mol. The minimum absolute atomic E-state index is 0.00119. The number of halogens is 3. The molecule has 2 rings (SSSR count). The molecular weight excluding hydrogens is 516 g/mol. The molecule has 0 fully saturated rings. The quantitative estimate of drug-likeness (QED) is 0.387. The molecule has 0 aliphatic heterocycles. The molecule has 0 spiro atoms. The molecule has 0 aliphatic rings. The van der Waals surface area contributed by atoms with Crippen LogP contribution in [0.15, 0.2) is 55.4 Å². The SMILES string of the molecule is CCOc1c(Br)cc(/C=C(\C#N)C(=O)Nc2ccccc2Br)cc1Br. The van der Waals surface area contributed by atoms with Crippen LogP contribution in [0, 0.1) is 11.3 Å². The van der Waals surface area contributed by atoms with Crippen LogP contribution in [-0.4, -0.2) is 12.5 Å². The highest BCUT2D eigenvalue weighted by Crippen LogP contribution is 2.35. The molecule has 0 heterocycles. The van der Waals surface area contributed by atoms with Crippen LogP contribution in [-0.2, 0) is 4.79 Å². The summed E-state index contributed by atoms with van der Waals surface area (Å²) in [6.45, 7) is 2.43. The first-order valence-corrected chi connectivity index (χ1v) is 9.63. The zero-order valence-corrected chi connectivity index (χ0v) is 17.9. The molecule has 4 nitrogen and oxygen atoms in total. The summed E-state index contributed by atoms with van der Waals surface area (Å²) in [6, 6.07) is 12.7. The van der Waals surface area contributed by atoms with E-state index in [1.165, 1.54) is 6.08 Å². The number of hydrogen-bond acceptors (Lipinski definition) is 3. The van der Waals surface area contributed by atoms with Crippen LogP contribution in [0.3, 0.4) is 0 Å². The van der Waals surface area contributed by atoms with Crippen molar-refractivity contribution in [3.63, 3.8) is 0 Å². The normalized spacial score (nSPS) is 10.9. The van der Waals surface area contributed by atoms with Gasteiger partial charge >= 0.3 is 0 Å². The number of nitrogens with one attached hydrogen (secondary N) is 1. The van der Waals surface area contributed by atoms with Crippen molar-refractivity contribution in [3.8, 4) is 11.8 Å². The van der Waals surface area contributed by atoms with Crippen molar-refractivity contribution in [2.24, 2.45) is 0 Å². The topological polar surface area (TPSA) is 62.1 Å². The number of anilines is 1. The first kappa shape index (κ1) is 19.7. The second kappa shape index (κ2) is 9.18. The smallest absolute Gasteiger partial charge is 0.266 e. The van der Waals surface area contributed by atoms with Gasteiger partial charge in [-0.3, -0.25) is 4.79 Å². The highest BCUT2D eigenvalue weighted by molar-refractivity contribution is 9.11. The third-order valence-corrected chi connectivity index (χ3v) is 4.98. The Morgan fingerprint density at radius 2 is 1.84 bits per heavy atom. The molecule has 0 aliphatic carbocycles. The van der Waals surface area contributed by atoms with Crippen LogP contribution in [0.4, 0.5) is 5.69 Å². The Kier molecular flexibility index (Phi) is 7.24. The number of carbonyl (C=O) groups is 1. The molecule has 7 heteroatoms. The van der Waals surface area contributed by atoms with E-state index in [1.807, 2.05) is 25.1 Å². The van der Waals surface area contributed by atoms with Crippen LogP contribution < -0.4 is 10.1 Å². The van der Waals surface area contributed by atoms with E-state index in [9.17, 15) is 10.1 Å². The van der Waals surface area contributed by atoms with Gasteiger partial charge in [0.25, 0.3) is 5.91 Å². The van der Waals surface area contributed by atoms with E-state index in [0.717, 1.165) is 13.4 Å². The Morgan fingerprint density at radius 3 is 2.40 bits per heavy atom. The lowest BCUT2D eigenvalue weighted by molar-refractivity contribution is -0.112. The van der Waals surface area contributed by atoms with E-state index in [-0.39, 0.29) is 5.57 Å². The monoisotopic (exact) mass is 526 g/mol. The summed E-state index contributed by atoms with van der Waals surface area (Å²) in [5.41, 5.74) is 1.29. The van der Waals surface area contributed by atoms with Gasteiger partial charge in [-0.2, -0.15) is 5.26 Å². The fourth-order valence-corrected chi connectivity index (χ4v) is 3.85. The Hall–Kier alpha value is -1.62. The van der Waals surface area contributed by atoms with Gasteiger partial charge in [0.1, 0.15) is 17.4 Å². The Bertz CT molecular complexity index is 850. The Balaban J connectivity index is 2.30. The zero-order valence-electron chi connectivity index (χ0n) is 13.1. The number of rotatable bonds is 5. The first-order valence-electron chi connectivity index (χ1n) is 7.25. The predicted octanol–water partition coefficient (Wildman–Crippen LogP) is 5.92. The molecule has 0 saturated carbocycles. The van der Waals surface area contributed by atoms with E-state index < -0.39 is 5.91 Å². The number of carbonyl (C=O) groups excluding carboxylic acids is 1. The van der Waals surface area contributed by atoms with Crippen LogP contribution in [0.2, 0.25) is 0 Å². The van der Waals surface area contributed by atoms with Gasteiger partial charge in [0, 0.05) is 4.47 Å². The minimum atomic E-state index is -0.476. The zero-order chi connectivity index (χ0) is 18.4. The highest BCUT2D eigenvalue weighted by Gasteiger charge is 2.13. The van der Waals surface area contributed by atoms with E-state index >= 15 is 0 Å². The average molecular weight is 529 g/mol. The Morgan fingerprint density at radius 1 is 1.20 bits per heavy atom. The van der Waals surface area contributed by atoms with E-state index in [0.29, 0.717) is 23.6 Å². The summed E-state index contributed by atoms with van der Waals surface area (Å²) in [6.07, 6.45) is 1.53. The van der Waals surface area contributed by atoms with E-state index in [4.69, 9.17) is 4.74 Å². The third kappa shape index (κ3) is 5.18. The summed E-state index contributed by atoms with van der Waals surface area (Å²) in [5.74, 6) is 0.200. The summed E-state index contributed by atoms with van der Waals surface area (Å²) >= 11 is 10.2. The number of nitriles is 1. The largest absolute Gasteiger partial charge is 0.492 e. The van der Waals surface area contributed by atoms with Gasteiger partial charge < -0.3 is 10.1 Å². The molecule has 0 unspecified atom stereocenters. The number of nitrogens with zero attached hydrogens (tertiary/aromatic N) is 1. The van der Waals surface area contributed by atoms with Gasteiger partial charge in [0.05, 0.1) is 21.2 Å². The van der Waals surface area contributed by atoms with Crippen LogP contribution in [0.1, 0.15) is 12.5 Å². The lowest BCUT2D eigenvalue weighted by atomic mass is 10.1. The van der Waals surface area contributed by atoms with Crippen molar-refractivity contribution in [2.45, 2.75) is 6.92 Å². The molecule has 1 amide bonds. The van der Waals surface area contributed by atoms with Crippen molar-refractivity contribution in [1.29, 1.82) is 5.26 Å². The van der Waals surface area contributed by atoms with Crippen molar-refractivity contribution >= 4 is 65.5 Å². The fraction of sp³-hybridized carbons (Fsp3) is 0.111.